The van der Waals surface area contributed by atoms with Crippen molar-refractivity contribution in [2.45, 2.75) is 39.0 Å². The van der Waals surface area contributed by atoms with Gasteiger partial charge in [0.2, 0.25) is 5.88 Å². The fourth-order valence-electron chi connectivity index (χ4n) is 2.81. The number of anilines is 1. The van der Waals surface area contributed by atoms with Crippen LogP contribution in [0.15, 0.2) is 42.7 Å². The van der Waals surface area contributed by atoms with E-state index in [4.69, 9.17) is 0 Å². The number of hydrogen-bond acceptors (Lipinski definition) is 5. The summed E-state index contributed by atoms with van der Waals surface area (Å²) in [5, 5.41) is 23.1. The molecule has 0 aliphatic rings. The summed E-state index contributed by atoms with van der Waals surface area (Å²) in [6.07, 6.45) is 4.13. The number of carbonyl (C=O) groups excluding carboxylic acids is 1. The molecular formula is C21H24N4O3. The number of carbonyl (C=O) groups is 1. The lowest BCUT2D eigenvalue weighted by Gasteiger charge is -2.16. The number of rotatable bonds is 5. The highest BCUT2D eigenvalue weighted by Crippen LogP contribution is 2.32. The molecule has 3 aromatic rings. The molecule has 0 fully saturated rings. The van der Waals surface area contributed by atoms with Crippen molar-refractivity contribution in [2.24, 2.45) is 0 Å². The molecule has 3 rings (SSSR count). The SMILES string of the molecule is CC(C)(C)c1ncc(NC(=O)c2c(O)[nH]c(CCc3ccccc3)c2O)cn1. The Labute approximate surface area is 163 Å². The number of benzene rings is 1. The first kappa shape index (κ1) is 19.4. The second-order valence-electron chi connectivity index (χ2n) is 7.66. The van der Waals surface area contributed by atoms with Crippen molar-refractivity contribution in [1.29, 1.82) is 0 Å². The molecule has 0 saturated heterocycles. The molecule has 1 aromatic carbocycles. The zero-order chi connectivity index (χ0) is 20.3. The predicted octanol–water partition coefficient (Wildman–Crippen LogP) is 3.55. The first-order valence-corrected chi connectivity index (χ1v) is 9.06. The van der Waals surface area contributed by atoms with E-state index in [1.54, 1.807) is 0 Å². The summed E-state index contributed by atoms with van der Waals surface area (Å²) in [6, 6.07) is 9.77. The molecule has 4 N–H and O–H groups in total. The standard InChI is InChI=1S/C21H24N4O3/c1-21(2,3)20-22-11-14(12-23-20)24-18(27)16-17(26)15(25-19(16)28)10-9-13-7-5-4-6-8-13/h4-8,11-12,25-26,28H,9-10H2,1-3H3,(H,24,27). The normalized spacial score (nSPS) is 11.4. The summed E-state index contributed by atoms with van der Waals surface area (Å²) < 4.78 is 0. The van der Waals surface area contributed by atoms with Crippen molar-refractivity contribution in [3.05, 3.63) is 65.4 Å². The van der Waals surface area contributed by atoms with E-state index in [1.807, 2.05) is 51.1 Å². The van der Waals surface area contributed by atoms with Crippen molar-refractivity contribution in [1.82, 2.24) is 15.0 Å². The molecule has 7 heteroatoms. The molecule has 146 valence electrons. The first-order chi connectivity index (χ1) is 13.3. The molecule has 0 spiro atoms. The predicted molar refractivity (Wildman–Crippen MR) is 107 cm³/mol. The molecule has 0 unspecified atom stereocenters. The zero-order valence-electron chi connectivity index (χ0n) is 16.2. The molecule has 0 aliphatic carbocycles. The maximum absolute atomic E-state index is 12.5. The van der Waals surface area contributed by atoms with Crippen molar-refractivity contribution in [3.8, 4) is 11.6 Å². The number of aryl methyl sites for hydroxylation is 2. The largest absolute Gasteiger partial charge is 0.505 e. The van der Waals surface area contributed by atoms with Crippen LogP contribution in [-0.4, -0.2) is 31.1 Å². The molecule has 2 aromatic heterocycles. The van der Waals surface area contributed by atoms with E-state index < -0.39 is 5.91 Å². The Hall–Kier alpha value is -3.35. The number of nitrogens with one attached hydrogen (secondary N) is 2. The minimum Gasteiger partial charge on any atom is -0.505 e. The highest BCUT2D eigenvalue weighted by Gasteiger charge is 2.23. The summed E-state index contributed by atoms with van der Waals surface area (Å²) in [5.74, 6) is -0.603. The van der Waals surface area contributed by atoms with E-state index in [9.17, 15) is 15.0 Å². The van der Waals surface area contributed by atoms with Gasteiger partial charge < -0.3 is 20.5 Å². The van der Waals surface area contributed by atoms with E-state index in [2.05, 4.69) is 20.3 Å². The zero-order valence-corrected chi connectivity index (χ0v) is 16.2. The van der Waals surface area contributed by atoms with Crippen molar-refractivity contribution < 1.29 is 15.0 Å². The summed E-state index contributed by atoms with van der Waals surface area (Å²) in [5.41, 5.74) is 1.49. The third-order valence-electron chi connectivity index (χ3n) is 4.34. The summed E-state index contributed by atoms with van der Waals surface area (Å²) in [4.78, 5) is 23.7. The Bertz CT molecular complexity index is 958. The summed E-state index contributed by atoms with van der Waals surface area (Å²) in [7, 11) is 0. The van der Waals surface area contributed by atoms with Crippen LogP contribution < -0.4 is 5.32 Å². The van der Waals surface area contributed by atoms with Crippen LogP contribution in [0.1, 0.15) is 48.2 Å². The second kappa shape index (κ2) is 7.72. The minimum absolute atomic E-state index is 0.192. The van der Waals surface area contributed by atoms with Gasteiger partial charge in [0.05, 0.1) is 23.8 Å². The van der Waals surface area contributed by atoms with Gasteiger partial charge in [0.15, 0.2) is 5.75 Å². The van der Waals surface area contributed by atoms with Gasteiger partial charge >= 0.3 is 0 Å². The van der Waals surface area contributed by atoms with E-state index in [0.29, 0.717) is 30.0 Å². The summed E-state index contributed by atoms with van der Waals surface area (Å²) >= 11 is 0. The lowest BCUT2D eigenvalue weighted by molar-refractivity contribution is 0.102. The van der Waals surface area contributed by atoms with Gasteiger partial charge in [0.25, 0.3) is 5.91 Å². The maximum Gasteiger partial charge on any atom is 0.265 e. The molecule has 28 heavy (non-hydrogen) atoms. The van der Waals surface area contributed by atoms with Crippen LogP contribution in [-0.2, 0) is 18.3 Å². The summed E-state index contributed by atoms with van der Waals surface area (Å²) in [6.45, 7) is 5.98. The monoisotopic (exact) mass is 380 g/mol. The average molecular weight is 380 g/mol. The van der Waals surface area contributed by atoms with Gasteiger partial charge in [-0.2, -0.15) is 0 Å². The van der Waals surface area contributed by atoms with Crippen LogP contribution >= 0.6 is 0 Å². The van der Waals surface area contributed by atoms with Crippen LogP contribution in [0, 0.1) is 0 Å². The highest BCUT2D eigenvalue weighted by molar-refractivity contribution is 6.08. The van der Waals surface area contributed by atoms with Gasteiger partial charge in [0, 0.05) is 5.41 Å². The number of hydrogen-bond donors (Lipinski definition) is 4. The molecule has 2 heterocycles. The van der Waals surface area contributed by atoms with Gasteiger partial charge in [0.1, 0.15) is 11.4 Å². The van der Waals surface area contributed by atoms with Crippen LogP contribution in [0.3, 0.4) is 0 Å². The average Bonchev–Trinajstić information content (AvgIpc) is 2.94. The third kappa shape index (κ3) is 4.31. The van der Waals surface area contributed by atoms with Crippen LogP contribution in [0.4, 0.5) is 5.69 Å². The van der Waals surface area contributed by atoms with Crippen LogP contribution in [0.5, 0.6) is 11.6 Å². The van der Waals surface area contributed by atoms with E-state index in [-0.39, 0.29) is 22.6 Å². The Balaban J connectivity index is 1.72. The van der Waals surface area contributed by atoms with Crippen molar-refractivity contribution in [2.75, 3.05) is 5.32 Å². The Morgan fingerprint density at radius 1 is 1.07 bits per heavy atom. The van der Waals surface area contributed by atoms with Crippen LogP contribution in [0.2, 0.25) is 0 Å². The fraction of sp³-hybridized carbons (Fsp3) is 0.286. The molecule has 1 amide bonds. The highest BCUT2D eigenvalue weighted by atomic mass is 16.3. The minimum atomic E-state index is -0.635. The van der Waals surface area contributed by atoms with Gasteiger partial charge in [-0.3, -0.25) is 4.79 Å². The number of amides is 1. The first-order valence-electron chi connectivity index (χ1n) is 9.06. The number of aromatic hydroxyl groups is 2. The van der Waals surface area contributed by atoms with Gasteiger partial charge in [-0.05, 0) is 18.4 Å². The number of H-pyrrole nitrogens is 1. The molecule has 0 saturated carbocycles. The molecule has 0 radical (unpaired) electrons. The van der Waals surface area contributed by atoms with Crippen molar-refractivity contribution in [3.63, 3.8) is 0 Å². The van der Waals surface area contributed by atoms with E-state index in [0.717, 1.165) is 5.56 Å². The fourth-order valence-corrected chi connectivity index (χ4v) is 2.81. The Morgan fingerprint density at radius 2 is 1.71 bits per heavy atom. The van der Waals surface area contributed by atoms with Crippen LogP contribution in [0.25, 0.3) is 0 Å². The van der Waals surface area contributed by atoms with E-state index >= 15 is 0 Å². The smallest absolute Gasteiger partial charge is 0.265 e. The van der Waals surface area contributed by atoms with Gasteiger partial charge in [-0.25, -0.2) is 9.97 Å². The Kier molecular flexibility index (Phi) is 5.35. The topological polar surface area (TPSA) is 111 Å². The third-order valence-corrected chi connectivity index (χ3v) is 4.34. The Morgan fingerprint density at radius 3 is 2.32 bits per heavy atom. The van der Waals surface area contributed by atoms with E-state index in [1.165, 1.54) is 12.4 Å². The maximum atomic E-state index is 12.5. The number of aromatic nitrogens is 3. The molecule has 0 atom stereocenters. The van der Waals surface area contributed by atoms with Gasteiger partial charge in [-0.15, -0.1) is 0 Å². The molecule has 0 aliphatic heterocycles. The number of nitrogens with zero attached hydrogens (tertiary/aromatic N) is 2. The molecular weight excluding hydrogens is 356 g/mol. The molecule has 0 bridgehead atoms. The van der Waals surface area contributed by atoms with Gasteiger partial charge in [-0.1, -0.05) is 51.1 Å². The second-order valence-corrected chi connectivity index (χ2v) is 7.66. The lowest BCUT2D eigenvalue weighted by Crippen LogP contribution is -2.17. The quantitative estimate of drug-likeness (QED) is 0.541. The molecule has 7 nitrogen and oxygen atoms in total. The van der Waals surface area contributed by atoms with Crippen molar-refractivity contribution >= 4 is 11.6 Å². The number of aromatic amines is 1. The lowest BCUT2D eigenvalue weighted by atomic mass is 9.96.